The molecule has 0 saturated heterocycles. The number of anilines is 1. The van der Waals surface area contributed by atoms with Crippen LogP contribution >= 0.6 is 27.3 Å². The largest absolute Gasteiger partial charge is 0.458 e. The molecule has 154 valence electrons. The molecule has 0 aliphatic heterocycles. The fourth-order valence-corrected chi connectivity index (χ4v) is 3.30. The normalized spacial score (nSPS) is 11.3. The van der Waals surface area contributed by atoms with Crippen LogP contribution in [0.15, 0.2) is 52.3 Å². The summed E-state index contributed by atoms with van der Waals surface area (Å²) in [6.07, 6.45) is -1.70. The van der Waals surface area contributed by atoms with Gasteiger partial charge in [-0.05, 0) is 58.9 Å². The summed E-state index contributed by atoms with van der Waals surface area (Å²) in [6, 6.07) is 8.58. The Labute approximate surface area is 180 Å². The number of hydrogen-bond donors (Lipinski definition) is 1. The maximum atomic E-state index is 12.4. The van der Waals surface area contributed by atoms with Gasteiger partial charge in [-0.15, -0.1) is 11.3 Å². The van der Waals surface area contributed by atoms with E-state index >= 15 is 0 Å². The molecule has 1 N–H and O–H groups in total. The molecule has 0 saturated carbocycles. The Bertz CT molecular complexity index is 910. The van der Waals surface area contributed by atoms with Gasteiger partial charge in [0, 0.05) is 10.0 Å². The van der Waals surface area contributed by atoms with Crippen molar-refractivity contribution in [2.45, 2.75) is 20.0 Å². The number of ether oxygens (including phenoxy) is 3. The molecule has 1 amide bonds. The third kappa shape index (κ3) is 7.03. The molecule has 7 nitrogen and oxygen atoms in total. The van der Waals surface area contributed by atoms with E-state index in [-0.39, 0.29) is 18.8 Å². The van der Waals surface area contributed by atoms with Crippen molar-refractivity contribution in [3.8, 4) is 0 Å². The smallest absolute Gasteiger partial charge is 0.412 e. The van der Waals surface area contributed by atoms with Gasteiger partial charge in [0.05, 0.1) is 5.56 Å². The molecule has 0 aliphatic rings. The number of thiophene rings is 1. The van der Waals surface area contributed by atoms with E-state index in [4.69, 9.17) is 14.2 Å². The molecule has 29 heavy (non-hydrogen) atoms. The lowest BCUT2D eigenvalue weighted by Gasteiger charge is -2.18. The van der Waals surface area contributed by atoms with Crippen LogP contribution in [0.5, 0.6) is 0 Å². The number of nitrogens with one attached hydrogen (secondary N) is 1. The predicted octanol–water partition coefficient (Wildman–Crippen LogP) is 4.71. The second-order valence-electron chi connectivity index (χ2n) is 6.04. The van der Waals surface area contributed by atoms with Crippen LogP contribution in [0, 0.1) is 6.92 Å². The fourth-order valence-electron chi connectivity index (χ4n) is 2.05. The van der Waals surface area contributed by atoms with Gasteiger partial charge >= 0.3 is 18.0 Å². The zero-order valence-corrected chi connectivity index (χ0v) is 18.3. The minimum absolute atomic E-state index is 0.202. The minimum Gasteiger partial charge on any atom is -0.458 e. The number of rotatable bonds is 8. The molecule has 2 aromatic rings. The van der Waals surface area contributed by atoms with Crippen molar-refractivity contribution in [3.05, 3.63) is 63.5 Å². The molecule has 0 aliphatic carbocycles. The number of esters is 2. The van der Waals surface area contributed by atoms with E-state index in [2.05, 4.69) is 27.8 Å². The van der Waals surface area contributed by atoms with Crippen LogP contribution in [0.3, 0.4) is 0 Å². The molecule has 1 heterocycles. The summed E-state index contributed by atoms with van der Waals surface area (Å²) in [5.41, 5.74) is 1.40. The summed E-state index contributed by atoms with van der Waals surface area (Å²) in [5, 5.41) is 5.11. The monoisotopic (exact) mass is 481 g/mol. The molecule has 0 bridgehead atoms. The van der Waals surface area contributed by atoms with Gasteiger partial charge in [-0.1, -0.05) is 18.7 Å². The van der Waals surface area contributed by atoms with Crippen molar-refractivity contribution in [1.82, 2.24) is 0 Å². The van der Waals surface area contributed by atoms with E-state index in [9.17, 15) is 14.4 Å². The number of benzene rings is 1. The maximum Gasteiger partial charge on any atom is 0.412 e. The van der Waals surface area contributed by atoms with Crippen molar-refractivity contribution in [1.29, 1.82) is 0 Å². The fraction of sp³-hybridized carbons (Fsp3) is 0.250. The zero-order valence-electron chi connectivity index (χ0n) is 15.9. The van der Waals surface area contributed by atoms with Crippen molar-refractivity contribution in [2.75, 3.05) is 18.5 Å². The first-order chi connectivity index (χ1) is 13.8. The highest BCUT2D eigenvalue weighted by Crippen LogP contribution is 2.22. The molecule has 9 heteroatoms. The number of carbonyl (C=O) groups is 3. The first-order valence-electron chi connectivity index (χ1n) is 8.54. The van der Waals surface area contributed by atoms with Gasteiger partial charge in [-0.3, -0.25) is 5.32 Å². The SMILES string of the molecule is C=C(C)C(=O)OCC(COC(=O)Nc1sccc1C)OC(=O)c1ccccc1Br. The standard InChI is InChI=1S/C20H20BrNO6S/c1-12(2)18(23)26-10-14(28-19(24)15-6-4-5-7-16(15)21)11-27-20(25)22-17-13(3)8-9-29-17/h4-9,14H,1,10-11H2,2-3H3,(H,22,25). The Balaban J connectivity index is 2.00. The van der Waals surface area contributed by atoms with E-state index in [1.54, 1.807) is 24.3 Å². The van der Waals surface area contributed by atoms with Crippen LogP contribution in [-0.2, 0) is 19.0 Å². The van der Waals surface area contributed by atoms with Gasteiger partial charge in [0.25, 0.3) is 0 Å². The lowest BCUT2D eigenvalue weighted by molar-refractivity contribution is -0.142. The first kappa shape index (κ1) is 22.6. The predicted molar refractivity (Wildman–Crippen MR) is 113 cm³/mol. The van der Waals surface area contributed by atoms with Crippen molar-refractivity contribution >= 4 is 50.3 Å². The summed E-state index contributed by atoms with van der Waals surface area (Å²) in [7, 11) is 0. The van der Waals surface area contributed by atoms with Crippen LogP contribution in [0.25, 0.3) is 0 Å². The molecule has 0 fully saturated rings. The van der Waals surface area contributed by atoms with E-state index in [1.165, 1.54) is 18.3 Å². The molecule has 1 aromatic heterocycles. The minimum atomic E-state index is -0.993. The molecule has 1 aromatic carbocycles. The Morgan fingerprint density at radius 2 is 1.86 bits per heavy atom. The lowest BCUT2D eigenvalue weighted by atomic mass is 10.2. The van der Waals surface area contributed by atoms with Crippen molar-refractivity contribution in [3.63, 3.8) is 0 Å². The molecule has 1 atom stereocenters. The number of halogens is 1. The van der Waals surface area contributed by atoms with E-state index in [0.717, 1.165) is 5.56 Å². The van der Waals surface area contributed by atoms with Crippen LogP contribution in [0.1, 0.15) is 22.8 Å². The molecule has 2 rings (SSSR count). The zero-order chi connectivity index (χ0) is 21.4. The van der Waals surface area contributed by atoms with Crippen LogP contribution in [0.4, 0.5) is 9.80 Å². The Morgan fingerprint density at radius 3 is 2.48 bits per heavy atom. The topological polar surface area (TPSA) is 90.9 Å². The van der Waals surface area contributed by atoms with Crippen molar-refractivity contribution < 1.29 is 28.6 Å². The average Bonchev–Trinajstić information content (AvgIpc) is 3.08. The molecular formula is C20H20BrNO6S. The van der Waals surface area contributed by atoms with Gasteiger partial charge in [0.2, 0.25) is 0 Å². The molecular weight excluding hydrogens is 462 g/mol. The second-order valence-corrected chi connectivity index (χ2v) is 7.81. The Hall–Kier alpha value is -2.65. The highest BCUT2D eigenvalue weighted by molar-refractivity contribution is 9.10. The van der Waals surface area contributed by atoms with Gasteiger partial charge < -0.3 is 14.2 Å². The summed E-state index contributed by atoms with van der Waals surface area (Å²) < 4.78 is 16.1. The van der Waals surface area contributed by atoms with Crippen molar-refractivity contribution in [2.24, 2.45) is 0 Å². The summed E-state index contributed by atoms with van der Waals surface area (Å²) >= 11 is 4.64. The first-order valence-corrected chi connectivity index (χ1v) is 10.2. The van der Waals surface area contributed by atoms with E-state index in [1.807, 2.05) is 18.4 Å². The van der Waals surface area contributed by atoms with Gasteiger partial charge in [0.15, 0.2) is 6.10 Å². The molecule has 0 spiro atoms. The Morgan fingerprint density at radius 1 is 1.17 bits per heavy atom. The highest BCUT2D eigenvalue weighted by atomic mass is 79.9. The van der Waals surface area contributed by atoms with Crippen LogP contribution in [-0.4, -0.2) is 37.3 Å². The van der Waals surface area contributed by atoms with Gasteiger partial charge in [-0.2, -0.15) is 0 Å². The lowest BCUT2D eigenvalue weighted by Crippen LogP contribution is -2.32. The molecule has 0 radical (unpaired) electrons. The van der Waals surface area contributed by atoms with Gasteiger partial charge in [-0.25, -0.2) is 14.4 Å². The second kappa shape index (κ2) is 10.8. The summed E-state index contributed by atoms with van der Waals surface area (Å²) in [5.74, 6) is -1.28. The number of carbonyl (C=O) groups excluding carboxylic acids is 3. The third-order valence-electron chi connectivity index (χ3n) is 3.59. The van der Waals surface area contributed by atoms with E-state index in [0.29, 0.717) is 15.0 Å². The summed E-state index contributed by atoms with van der Waals surface area (Å²) in [4.78, 5) is 36.1. The average molecular weight is 482 g/mol. The maximum absolute atomic E-state index is 12.4. The summed E-state index contributed by atoms with van der Waals surface area (Å²) in [6.45, 7) is 6.26. The van der Waals surface area contributed by atoms with Crippen LogP contribution in [0.2, 0.25) is 0 Å². The molecule has 1 unspecified atom stereocenters. The Kier molecular flexibility index (Phi) is 8.41. The van der Waals surface area contributed by atoms with Gasteiger partial charge in [0.1, 0.15) is 18.2 Å². The number of amides is 1. The number of aryl methyl sites for hydroxylation is 1. The highest BCUT2D eigenvalue weighted by Gasteiger charge is 2.22. The number of hydrogen-bond acceptors (Lipinski definition) is 7. The quantitative estimate of drug-likeness (QED) is 0.333. The third-order valence-corrected chi connectivity index (χ3v) is 5.22. The van der Waals surface area contributed by atoms with Crippen LogP contribution < -0.4 is 5.32 Å². The van der Waals surface area contributed by atoms with E-state index < -0.39 is 24.1 Å².